The highest BCUT2D eigenvalue weighted by molar-refractivity contribution is 5.93. The first kappa shape index (κ1) is 18.7. The van der Waals surface area contributed by atoms with Crippen molar-refractivity contribution in [3.05, 3.63) is 60.6 Å². The maximum absolute atomic E-state index is 12.0. The van der Waals surface area contributed by atoms with Crippen molar-refractivity contribution in [3.8, 4) is 11.1 Å². The number of carbonyl (C=O) groups is 1. The van der Waals surface area contributed by atoms with Crippen LogP contribution in [0.25, 0.3) is 22.4 Å². The Morgan fingerprint density at radius 1 is 1.06 bits per heavy atom. The minimum Gasteiger partial charge on any atom is -0.309 e. The lowest BCUT2D eigenvalue weighted by atomic mass is 10.1. The van der Waals surface area contributed by atoms with Crippen molar-refractivity contribution in [1.82, 2.24) is 39.0 Å². The highest BCUT2D eigenvalue weighted by Gasteiger charge is 2.30. The number of anilines is 1. The minimum atomic E-state index is -0.106. The van der Waals surface area contributed by atoms with E-state index in [2.05, 4.69) is 25.6 Å². The van der Waals surface area contributed by atoms with Crippen LogP contribution < -0.4 is 5.32 Å². The molecule has 0 bridgehead atoms. The monoisotopic (exact) mass is 427 g/mol. The van der Waals surface area contributed by atoms with E-state index in [1.807, 2.05) is 61.2 Å². The van der Waals surface area contributed by atoms with Gasteiger partial charge in [0.2, 0.25) is 5.91 Å². The van der Waals surface area contributed by atoms with Gasteiger partial charge in [0.15, 0.2) is 17.1 Å². The number of amides is 1. The van der Waals surface area contributed by atoms with Gasteiger partial charge in [-0.05, 0) is 44.0 Å². The molecule has 0 spiro atoms. The summed E-state index contributed by atoms with van der Waals surface area (Å²) < 4.78 is 5.47. The number of rotatable bonds is 5. The smallest absolute Gasteiger partial charge is 0.228 e. The van der Waals surface area contributed by atoms with Crippen LogP contribution >= 0.6 is 0 Å². The van der Waals surface area contributed by atoms with Crippen molar-refractivity contribution in [2.75, 3.05) is 5.32 Å². The minimum absolute atomic E-state index is 0.0290. The lowest BCUT2D eigenvalue weighted by Crippen LogP contribution is -2.13. The van der Waals surface area contributed by atoms with Gasteiger partial charge in [0.25, 0.3) is 0 Å². The molecular weight excluding hydrogens is 406 g/mol. The summed E-state index contributed by atoms with van der Waals surface area (Å²) in [6.45, 7) is 2.05. The Bertz CT molecular complexity index is 1470. The van der Waals surface area contributed by atoms with Crippen LogP contribution in [0.3, 0.4) is 0 Å². The molecule has 5 aromatic heterocycles. The number of aryl methyl sites for hydroxylation is 1. The number of fused-ring (bicyclic) bond motifs is 2. The summed E-state index contributed by atoms with van der Waals surface area (Å²) >= 11 is 0. The van der Waals surface area contributed by atoms with Gasteiger partial charge in [-0.1, -0.05) is 0 Å². The van der Waals surface area contributed by atoms with E-state index in [9.17, 15) is 4.79 Å². The molecule has 0 radical (unpaired) electrons. The topological polar surface area (TPSA) is 107 Å². The first-order chi connectivity index (χ1) is 15.5. The molecule has 1 aliphatic carbocycles. The van der Waals surface area contributed by atoms with Crippen LogP contribution in [0.5, 0.6) is 0 Å². The van der Waals surface area contributed by atoms with Gasteiger partial charge in [0, 0.05) is 36.5 Å². The number of carbonyl (C=O) groups excluding carboxylic acids is 1. The third-order valence-corrected chi connectivity index (χ3v) is 5.84. The molecule has 160 valence electrons. The number of hydrogen-bond acceptors (Lipinski definition) is 6. The maximum Gasteiger partial charge on any atom is 0.228 e. The molecule has 0 aliphatic heterocycles. The molecule has 1 amide bonds. The van der Waals surface area contributed by atoms with Crippen LogP contribution in [0.1, 0.15) is 37.2 Å². The molecule has 10 nitrogen and oxygen atoms in total. The quantitative estimate of drug-likeness (QED) is 0.462. The van der Waals surface area contributed by atoms with Crippen LogP contribution in [0.4, 0.5) is 5.82 Å². The van der Waals surface area contributed by atoms with Crippen LogP contribution in [0, 0.1) is 5.92 Å². The molecule has 5 heterocycles. The zero-order chi connectivity index (χ0) is 21.8. The number of hydrogen-bond donors (Lipinski definition) is 1. The zero-order valence-corrected chi connectivity index (χ0v) is 17.7. The normalized spacial score (nSPS) is 14.8. The van der Waals surface area contributed by atoms with Gasteiger partial charge >= 0.3 is 0 Å². The van der Waals surface area contributed by atoms with Crippen LogP contribution in [-0.2, 0) is 11.8 Å². The zero-order valence-electron chi connectivity index (χ0n) is 17.7. The fraction of sp³-hybridized carbons (Fsp3) is 0.273. The number of imidazole rings is 1. The third-order valence-electron chi connectivity index (χ3n) is 5.84. The van der Waals surface area contributed by atoms with E-state index in [4.69, 9.17) is 5.10 Å². The predicted molar refractivity (Wildman–Crippen MR) is 117 cm³/mol. The summed E-state index contributed by atoms with van der Waals surface area (Å²) in [4.78, 5) is 16.5. The summed E-state index contributed by atoms with van der Waals surface area (Å²) in [5.74, 6) is 1.36. The molecular formula is C22H21N9O. The van der Waals surface area contributed by atoms with Crippen molar-refractivity contribution < 1.29 is 4.79 Å². The van der Waals surface area contributed by atoms with Crippen LogP contribution in [0.2, 0.25) is 0 Å². The van der Waals surface area contributed by atoms with Crippen molar-refractivity contribution >= 4 is 23.0 Å². The summed E-state index contributed by atoms with van der Waals surface area (Å²) in [5.41, 5.74) is 4.34. The second-order valence-electron chi connectivity index (χ2n) is 8.28. The van der Waals surface area contributed by atoms with E-state index < -0.39 is 0 Å². The highest BCUT2D eigenvalue weighted by atomic mass is 16.2. The van der Waals surface area contributed by atoms with E-state index >= 15 is 0 Å². The average molecular weight is 427 g/mol. The third kappa shape index (κ3) is 3.20. The fourth-order valence-corrected chi connectivity index (χ4v) is 3.84. The first-order valence-corrected chi connectivity index (χ1v) is 10.6. The summed E-state index contributed by atoms with van der Waals surface area (Å²) in [7, 11) is 1.90. The molecule has 1 aliphatic rings. The molecule has 5 aromatic rings. The standard InChI is InChI=1S/C22H21N9O/c1-13(17-6-8-19-24-18(12-31(19)28-17)25-22(32)14-3-4-14)21-27-26-20-7-5-15(11-30(20)21)16-9-23-29(2)10-16/h5-14H,3-4H2,1-2H3,(H,25,32)/t13-/m0/s1. The molecule has 1 fully saturated rings. The highest BCUT2D eigenvalue weighted by Crippen LogP contribution is 2.30. The van der Waals surface area contributed by atoms with E-state index in [0.717, 1.165) is 41.1 Å². The van der Waals surface area contributed by atoms with Crippen LogP contribution in [-0.4, -0.2) is 44.9 Å². The molecule has 0 saturated heterocycles. The Hall–Kier alpha value is -4.08. The van der Waals surface area contributed by atoms with Crippen LogP contribution in [0.15, 0.2) is 49.1 Å². The lowest BCUT2D eigenvalue weighted by Gasteiger charge is -2.10. The Balaban J connectivity index is 1.33. The summed E-state index contributed by atoms with van der Waals surface area (Å²) in [5, 5.41) is 20.6. The maximum atomic E-state index is 12.0. The molecule has 1 saturated carbocycles. The van der Waals surface area contributed by atoms with E-state index in [-0.39, 0.29) is 17.7 Å². The van der Waals surface area contributed by atoms with Gasteiger partial charge < -0.3 is 5.32 Å². The van der Waals surface area contributed by atoms with Gasteiger partial charge in [0.1, 0.15) is 5.82 Å². The molecule has 1 N–H and O–H groups in total. The van der Waals surface area contributed by atoms with Crippen molar-refractivity contribution in [3.63, 3.8) is 0 Å². The number of nitrogens with zero attached hydrogens (tertiary/aromatic N) is 8. The molecule has 0 unspecified atom stereocenters. The Morgan fingerprint density at radius 2 is 1.91 bits per heavy atom. The largest absolute Gasteiger partial charge is 0.309 e. The summed E-state index contributed by atoms with van der Waals surface area (Å²) in [6.07, 6.45) is 9.49. The van der Waals surface area contributed by atoms with E-state index in [1.54, 1.807) is 15.4 Å². The SMILES string of the molecule is C[C@@H](c1ccc2nc(NC(=O)C3CC3)cn2n1)c1nnc2ccc(-c3cnn(C)c3)cn12. The predicted octanol–water partition coefficient (Wildman–Crippen LogP) is 2.67. The second kappa shape index (κ2) is 6.98. The van der Waals surface area contributed by atoms with Gasteiger partial charge in [0.05, 0.1) is 24.0 Å². The first-order valence-electron chi connectivity index (χ1n) is 10.6. The average Bonchev–Trinajstić information content (AvgIpc) is 3.23. The fourth-order valence-electron chi connectivity index (χ4n) is 3.84. The number of nitrogens with one attached hydrogen (secondary N) is 1. The Morgan fingerprint density at radius 3 is 2.69 bits per heavy atom. The Labute approximate surface area is 182 Å². The number of pyridine rings is 1. The molecule has 6 rings (SSSR count). The van der Waals surface area contributed by atoms with Crippen molar-refractivity contribution in [2.24, 2.45) is 13.0 Å². The molecule has 1 atom stereocenters. The second-order valence-corrected chi connectivity index (χ2v) is 8.28. The van der Waals surface area contributed by atoms with E-state index in [0.29, 0.717) is 11.5 Å². The molecule has 0 aromatic carbocycles. The van der Waals surface area contributed by atoms with Crippen molar-refractivity contribution in [2.45, 2.75) is 25.7 Å². The number of aromatic nitrogens is 8. The van der Waals surface area contributed by atoms with E-state index in [1.165, 1.54) is 0 Å². The Kier molecular flexibility index (Phi) is 4.07. The summed E-state index contributed by atoms with van der Waals surface area (Å²) in [6, 6.07) is 7.80. The van der Waals surface area contributed by atoms with Gasteiger partial charge in [-0.25, -0.2) is 9.50 Å². The van der Waals surface area contributed by atoms with Gasteiger partial charge in [-0.15, -0.1) is 10.2 Å². The van der Waals surface area contributed by atoms with Gasteiger partial charge in [-0.3, -0.25) is 13.9 Å². The lowest BCUT2D eigenvalue weighted by molar-refractivity contribution is -0.117. The van der Waals surface area contributed by atoms with Gasteiger partial charge in [-0.2, -0.15) is 10.2 Å². The molecule has 32 heavy (non-hydrogen) atoms. The molecule has 10 heteroatoms. The van der Waals surface area contributed by atoms with Crippen molar-refractivity contribution in [1.29, 1.82) is 0 Å².